The molecule has 1 aromatic rings. The molecule has 0 spiro atoms. The standard InChI is InChI=1S/C13H15F4NO2/c14-11-2-1-9(20-13(15,16)17)7-10(11)12(18)8-3-5-19-6-4-8/h1-2,7-8,12H,3-6,18H2/t12-/m1/s1. The van der Waals surface area contributed by atoms with Crippen molar-refractivity contribution in [3.8, 4) is 5.75 Å². The van der Waals surface area contributed by atoms with Crippen molar-refractivity contribution in [1.82, 2.24) is 0 Å². The molecule has 1 aromatic carbocycles. The zero-order chi connectivity index (χ0) is 14.8. The van der Waals surface area contributed by atoms with Crippen LogP contribution in [0.15, 0.2) is 18.2 Å². The molecule has 0 amide bonds. The lowest BCUT2D eigenvalue weighted by atomic mass is 9.87. The van der Waals surface area contributed by atoms with Gasteiger partial charge in [-0.25, -0.2) is 4.39 Å². The van der Waals surface area contributed by atoms with Crippen molar-refractivity contribution in [1.29, 1.82) is 0 Å². The van der Waals surface area contributed by atoms with Crippen molar-refractivity contribution in [2.75, 3.05) is 13.2 Å². The fourth-order valence-electron chi connectivity index (χ4n) is 2.30. The van der Waals surface area contributed by atoms with Gasteiger partial charge >= 0.3 is 6.36 Å². The second kappa shape index (κ2) is 5.97. The third-order valence-electron chi connectivity index (χ3n) is 3.33. The Hall–Kier alpha value is -1.34. The predicted octanol–water partition coefficient (Wildman–Crippen LogP) is 3.15. The molecular weight excluding hydrogens is 278 g/mol. The van der Waals surface area contributed by atoms with E-state index >= 15 is 0 Å². The second-order valence-corrected chi connectivity index (χ2v) is 4.71. The number of alkyl halides is 3. The van der Waals surface area contributed by atoms with Gasteiger partial charge < -0.3 is 15.2 Å². The zero-order valence-corrected chi connectivity index (χ0v) is 10.6. The molecule has 1 atom stereocenters. The second-order valence-electron chi connectivity index (χ2n) is 4.71. The minimum atomic E-state index is -4.81. The van der Waals surface area contributed by atoms with Crippen LogP contribution in [0.5, 0.6) is 5.75 Å². The smallest absolute Gasteiger partial charge is 0.406 e. The summed E-state index contributed by atoms with van der Waals surface area (Å²) in [6.07, 6.45) is -3.49. The number of hydrogen-bond acceptors (Lipinski definition) is 3. The Balaban J connectivity index is 2.18. The van der Waals surface area contributed by atoms with E-state index in [1.807, 2.05) is 0 Å². The van der Waals surface area contributed by atoms with Crippen LogP contribution in [-0.4, -0.2) is 19.6 Å². The molecule has 1 saturated heterocycles. The molecule has 1 aliphatic heterocycles. The molecule has 1 heterocycles. The van der Waals surface area contributed by atoms with Gasteiger partial charge in [-0.05, 0) is 37.0 Å². The summed E-state index contributed by atoms with van der Waals surface area (Å²) in [5.74, 6) is -1.10. The lowest BCUT2D eigenvalue weighted by molar-refractivity contribution is -0.274. The monoisotopic (exact) mass is 293 g/mol. The van der Waals surface area contributed by atoms with E-state index < -0.39 is 24.0 Å². The molecule has 1 aliphatic rings. The highest BCUT2D eigenvalue weighted by atomic mass is 19.4. The summed E-state index contributed by atoms with van der Waals surface area (Å²) in [6, 6.07) is 2.22. The first kappa shape index (κ1) is 15.1. The van der Waals surface area contributed by atoms with Gasteiger partial charge in [0.05, 0.1) is 0 Å². The maximum atomic E-state index is 13.8. The fourth-order valence-corrected chi connectivity index (χ4v) is 2.30. The van der Waals surface area contributed by atoms with E-state index in [-0.39, 0.29) is 11.5 Å². The molecule has 1 fully saturated rings. The number of benzene rings is 1. The maximum Gasteiger partial charge on any atom is 0.573 e. The molecular formula is C13H15F4NO2. The van der Waals surface area contributed by atoms with Crippen molar-refractivity contribution in [3.63, 3.8) is 0 Å². The Labute approximate surface area is 113 Å². The third-order valence-corrected chi connectivity index (χ3v) is 3.33. The first-order chi connectivity index (χ1) is 9.37. The Morgan fingerprint density at radius 3 is 2.50 bits per heavy atom. The van der Waals surface area contributed by atoms with Gasteiger partial charge in [0.25, 0.3) is 0 Å². The molecule has 0 aromatic heterocycles. The topological polar surface area (TPSA) is 44.5 Å². The SMILES string of the molecule is N[C@@H](c1cc(OC(F)(F)F)ccc1F)C1CCOCC1. The van der Waals surface area contributed by atoms with E-state index in [2.05, 4.69) is 4.74 Å². The van der Waals surface area contributed by atoms with Crippen molar-refractivity contribution in [2.24, 2.45) is 11.7 Å². The highest BCUT2D eigenvalue weighted by molar-refractivity contribution is 5.32. The lowest BCUT2D eigenvalue weighted by Gasteiger charge is -2.28. The third kappa shape index (κ3) is 3.83. The van der Waals surface area contributed by atoms with Gasteiger partial charge in [0.2, 0.25) is 0 Å². The first-order valence-electron chi connectivity index (χ1n) is 6.25. The van der Waals surface area contributed by atoms with E-state index in [1.54, 1.807) is 0 Å². The van der Waals surface area contributed by atoms with E-state index in [9.17, 15) is 17.6 Å². The highest BCUT2D eigenvalue weighted by Crippen LogP contribution is 2.32. The van der Waals surface area contributed by atoms with Crippen LogP contribution in [0, 0.1) is 11.7 Å². The van der Waals surface area contributed by atoms with Gasteiger partial charge in [0, 0.05) is 24.8 Å². The molecule has 0 unspecified atom stereocenters. The number of hydrogen-bond donors (Lipinski definition) is 1. The largest absolute Gasteiger partial charge is 0.573 e. The average Bonchev–Trinajstić information content (AvgIpc) is 2.40. The van der Waals surface area contributed by atoms with Gasteiger partial charge in [-0.2, -0.15) is 0 Å². The summed E-state index contributed by atoms with van der Waals surface area (Å²) in [5.41, 5.74) is 6.01. The summed E-state index contributed by atoms with van der Waals surface area (Å²) < 4.78 is 59.2. The molecule has 0 aliphatic carbocycles. The number of rotatable bonds is 3. The van der Waals surface area contributed by atoms with Crippen molar-refractivity contribution >= 4 is 0 Å². The molecule has 0 radical (unpaired) electrons. The molecule has 0 saturated carbocycles. The van der Waals surface area contributed by atoms with E-state index in [0.717, 1.165) is 18.2 Å². The van der Waals surface area contributed by atoms with Crippen molar-refractivity contribution < 1.29 is 27.0 Å². The van der Waals surface area contributed by atoms with Crippen LogP contribution in [0.1, 0.15) is 24.4 Å². The van der Waals surface area contributed by atoms with Crippen LogP contribution in [0.25, 0.3) is 0 Å². The summed E-state index contributed by atoms with van der Waals surface area (Å²) in [4.78, 5) is 0. The number of nitrogens with two attached hydrogens (primary N) is 1. The maximum absolute atomic E-state index is 13.8. The molecule has 0 bridgehead atoms. The number of halogens is 4. The first-order valence-corrected chi connectivity index (χ1v) is 6.25. The fraction of sp³-hybridized carbons (Fsp3) is 0.538. The molecule has 20 heavy (non-hydrogen) atoms. The van der Waals surface area contributed by atoms with Gasteiger partial charge in [-0.1, -0.05) is 0 Å². The van der Waals surface area contributed by atoms with Crippen LogP contribution >= 0.6 is 0 Å². The minimum Gasteiger partial charge on any atom is -0.406 e. The number of ether oxygens (including phenoxy) is 2. The zero-order valence-electron chi connectivity index (χ0n) is 10.6. The van der Waals surface area contributed by atoms with Crippen LogP contribution in [-0.2, 0) is 4.74 Å². The normalized spacial score (nSPS) is 18.9. The van der Waals surface area contributed by atoms with Gasteiger partial charge in [-0.15, -0.1) is 13.2 Å². The van der Waals surface area contributed by atoms with Crippen LogP contribution in [0.2, 0.25) is 0 Å². The highest BCUT2D eigenvalue weighted by Gasteiger charge is 2.32. The Morgan fingerprint density at radius 2 is 1.90 bits per heavy atom. The minimum absolute atomic E-state index is 0.0145. The summed E-state index contributed by atoms with van der Waals surface area (Å²) >= 11 is 0. The van der Waals surface area contributed by atoms with Crippen LogP contribution in [0.3, 0.4) is 0 Å². The summed E-state index contributed by atoms with van der Waals surface area (Å²) in [5, 5.41) is 0. The average molecular weight is 293 g/mol. The van der Waals surface area contributed by atoms with Crippen LogP contribution < -0.4 is 10.5 Å². The summed E-state index contributed by atoms with van der Waals surface area (Å²) in [6.45, 7) is 1.05. The quantitative estimate of drug-likeness (QED) is 0.871. The van der Waals surface area contributed by atoms with Crippen LogP contribution in [0.4, 0.5) is 17.6 Å². The molecule has 2 rings (SSSR count). The Kier molecular flexibility index (Phi) is 4.49. The molecule has 112 valence electrons. The molecule has 3 nitrogen and oxygen atoms in total. The molecule has 2 N–H and O–H groups in total. The van der Waals surface area contributed by atoms with E-state index in [0.29, 0.717) is 26.1 Å². The van der Waals surface area contributed by atoms with Gasteiger partial charge in [-0.3, -0.25) is 0 Å². The lowest BCUT2D eigenvalue weighted by Crippen LogP contribution is -2.28. The van der Waals surface area contributed by atoms with Crippen molar-refractivity contribution in [2.45, 2.75) is 25.2 Å². The summed E-state index contributed by atoms with van der Waals surface area (Å²) in [7, 11) is 0. The Bertz CT molecular complexity index is 458. The van der Waals surface area contributed by atoms with Gasteiger partial charge in [0.1, 0.15) is 11.6 Å². The van der Waals surface area contributed by atoms with E-state index in [1.165, 1.54) is 0 Å². The predicted molar refractivity (Wildman–Crippen MR) is 63.6 cm³/mol. The Morgan fingerprint density at radius 1 is 1.25 bits per heavy atom. The van der Waals surface area contributed by atoms with E-state index in [4.69, 9.17) is 10.5 Å². The van der Waals surface area contributed by atoms with Gasteiger partial charge in [0.15, 0.2) is 0 Å². The molecule has 7 heteroatoms. The van der Waals surface area contributed by atoms with Crippen molar-refractivity contribution in [3.05, 3.63) is 29.6 Å².